The number of rotatable bonds is 4. The van der Waals surface area contributed by atoms with Gasteiger partial charge in [-0.05, 0) is 48.7 Å². The molecule has 0 N–H and O–H groups in total. The number of fused-ring (bicyclic) bond motifs is 1. The zero-order chi connectivity index (χ0) is 20.2. The lowest BCUT2D eigenvalue weighted by Crippen LogP contribution is -2.37. The normalized spacial score (nSPS) is 15.9. The van der Waals surface area contributed by atoms with Crippen molar-refractivity contribution in [2.45, 2.75) is 19.3 Å². The van der Waals surface area contributed by atoms with E-state index in [9.17, 15) is 9.59 Å². The van der Waals surface area contributed by atoms with Crippen LogP contribution in [0.25, 0.3) is 0 Å². The second-order valence-corrected chi connectivity index (χ2v) is 7.66. The summed E-state index contributed by atoms with van der Waals surface area (Å²) in [6, 6.07) is 12.8. The molecule has 2 heterocycles. The Labute approximate surface area is 174 Å². The molecule has 2 aliphatic rings. The molecule has 0 aromatic heterocycles. The maximum absolute atomic E-state index is 12.9. The van der Waals surface area contributed by atoms with E-state index in [-0.39, 0.29) is 18.6 Å². The summed E-state index contributed by atoms with van der Waals surface area (Å²) in [6.45, 7) is 2.57. The predicted molar refractivity (Wildman–Crippen MR) is 109 cm³/mol. The van der Waals surface area contributed by atoms with Gasteiger partial charge in [0.1, 0.15) is 0 Å². The molecule has 4 rings (SSSR count). The van der Waals surface area contributed by atoms with Gasteiger partial charge in [0.2, 0.25) is 12.7 Å². The van der Waals surface area contributed by atoms with Crippen LogP contribution >= 0.6 is 11.6 Å². The van der Waals surface area contributed by atoms with Gasteiger partial charge in [0.15, 0.2) is 11.5 Å². The van der Waals surface area contributed by atoms with E-state index in [1.54, 1.807) is 18.2 Å². The summed E-state index contributed by atoms with van der Waals surface area (Å²) in [6.07, 6.45) is 1.91. The average Bonchev–Trinajstić information content (AvgIpc) is 3.07. The second kappa shape index (κ2) is 8.74. The molecule has 0 atom stereocenters. The number of amides is 2. The predicted octanol–water partition coefficient (Wildman–Crippen LogP) is 3.38. The highest BCUT2D eigenvalue weighted by atomic mass is 35.5. The Morgan fingerprint density at radius 3 is 2.45 bits per heavy atom. The molecule has 0 radical (unpaired) electrons. The van der Waals surface area contributed by atoms with Crippen LogP contribution in [0.3, 0.4) is 0 Å². The summed E-state index contributed by atoms with van der Waals surface area (Å²) in [5.41, 5.74) is 1.67. The van der Waals surface area contributed by atoms with Gasteiger partial charge in [-0.1, -0.05) is 23.7 Å². The lowest BCUT2D eigenvalue weighted by molar-refractivity contribution is -0.131. The summed E-state index contributed by atoms with van der Waals surface area (Å²) < 4.78 is 10.7. The van der Waals surface area contributed by atoms with Crippen LogP contribution in [0.4, 0.5) is 0 Å². The van der Waals surface area contributed by atoms with Crippen molar-refractivity contribution in [3.05, 3.63) is 58.6 Å². The van der Waals surface area contributed by atoms with Crippen LogP contribution in [0.5, 0.6) is 11.5 Å². The van der Waals surface area contributed by atoms with Crippen LogP contribution in [0.15, 0.2) is 42.5 Å². The minimum Gasteiger partial charge on any atom is -0.454 e. The summed E-state index contributed by atoms with van der Waals surface area (Å²) >= 11 is 5.90. The fourth-order valence-corrected chi connectivity index (χ4v) is 3.77. The van der Waals surface area contributed by atoms with E-state index < -0.39 is 0 Å². The molecule has 1 saturated heterocycles. The third-order valence-corrected chi connectivity index (χ3v) is 5.55. The molecule has 1 fully saturated rings. The van der Waals surface area contributed by atoms with Crippen molar-refractivity contribution < 1.29 is 19.1 Å². The summed E-state index contributed by atoms with van der Waals surface area (Å²) in [5.74, 6) is 1.34. The molecular weight excluding hydrogens is 392 g/mol. The number of benzene rings is 2. The topological polar surface area (TPSA) is 59.1 Å². The highest BCUT2D eigenvalue weighted by molar-refractivity contribution is 6.30. The third-order valence-electron chi connectivity index (χ3n) is 5.30. The fourth-order valence-electron chi connectivity index (χ4n) is 3.64. The van der Waals surface area contributed by atoms with Crippen LogP contribution < -0.4 is 9.47 Å². The Morgan fingerprint density at radius 1 is 0.897 bits per heavy atom. The molecule has 0 spiro atoms. The van der Waals surface area contributed by atoms with Crippen molar-refractivity contribution in [1.29, 1.82) is 0 Å². The number of nitrogens with zero attached hydrogens (tertiary/aromatic N) is 2. The van der Waals surface area contributed by atoms with Crippen molar-refractivity contribution in [3.8, 4) is 11.5 Å². The van der Waals surface area contributed by atoms with E-state index in [1.807, 2.05) is 34.1 Å². The molecule has 7 heteroatoms. The summed E-state index contributed by atoms with van der Waals surface area (Å²) in [7, 11) is 0. The van der Waals surface area contributed by atoms with Gasteiger partial charge in [0.25, 0.3) is 5.91 Å². The quantitative estimate of drug-likeness (QED) is 0.769. The van der Waals surface area contributed by atoms with Crippen LogP contribution in [-0.2, 0) is 11.2 Å². The largest absolute Gasteiger partial charge is 0.454 e. The maximum atomic E-state index is 12.9. The SMILES string of the molecule is O=C(CCc1ccc(Cl)cc1)N1CCCN(C(=O)c2ccc3c(c2)OCO3)CC1. The Bertz CT molecular complexity index is 900. The van der Waals surface area contributed by atoms with Gasteiger partial charge in [-0.3, -0.25) is 9.59 Å². The van der Waals surface area contributed by atoms with Crippen LogP contribution in [0, 0.1) is 0 Å². The van der Waals surface area contributed by atoms with E-state index >= 15 is 0 Å². The van der Waals surface area contributed by atoms with Crippen molar-refractivity contribution in [2.24, 2.45) is 0 Å². The van der Waals surface area contributed by atoms with Crippen LogP contribution in [-0.4, -0.2) is 54.6 Å². The molecular formula is C22H23ClN2O4. The van der Waals surface area contributed by atoms with Gasteiger partial charge in [-0.2, -0.15) is 0 Å². The number of ether oxygens (including phenoxy) is 2. The molecule has 0 saturated carbocycles. The molecule has 2 aliphatic heterocycles. The first-order valence-corrected chi connectivity index (χ1v) is 10.2. The van der Waals surface area contributed by atoms with E-state index in [0.717, 1.165) is 12.0 Å². The van der Waals surface area contributed by atoms with Crippen molar-refractivity contribution in [1.82, 2.24) is 9.80 Å². The second-order valence-electron chi connectivity index (χ2n) is 7.22. The monoisotopic (exact) mass is 414 g/mol. The van der Waals surface area contributed by atoms with Crippen LogP contribution in [0.2, 0.25) is 5.02 Å². The minimum absolute atomic E-state index is 0.0428. The molecule has 2 amide bonds. The van der Waals surface area contributed by atoms with E-state index in [0.29, 0.717) is 61.1 Å². The van der Waals surface area contributed by atoms with Crippen LogP contribution in [0.1, 0.15) is 28.8 Å². The first-order valence-electron chi connectivity index (χ1n) is 9.81. The molecule has 29 heavy (non-hydrogen) atoms. The molecule has 2 aromatic carbocycles. The molecule has 0 bridgehead atoms. The number of aryl methyl sites for hydroxylation is 1. The van der Waals surface area contributed by atoms with E-state index in [1.165, 1.54) is 0 Å². The van der Waals surface area contributed by atoms with Gasteiger partial charge in [0.05, 0.1) is 0 Å². The maximum Gasteiger partial charge on any atom is 0.254 e. The lowest BCUT2D eigenvalue weighted by atomic mass is 10.1. The number of carbonyl (C=O) groups excluding carboxylic acids is 2. The molecule has 152 valence electrons. The van der Waals surface area contributed by atoms with Gasteiger partial charge in [-0.15, -0.1) is 0 Å². The minimum atomic E-state index is -0.0428. The zero-order valence-corrected chi connectivity index (χ0v) is 16.9. The molecule has 0 unspecified atom stereocenters. The number of hydrogen-bond acceptors (Lipinski definition) is 4. The fraction of sp³-hybridized carbons (Fsp3) is 0.364. The molecule has 2 aromatic rings. The highest BCUT2D eigenvalue weighted by Crippen LogP contribution is 2.32. The van der Waals surface area contributed by atoms with Crippen molar-refractivity contribution in [2.75, 3.05) is 33.0 Å². The smallest absolute Gasteiger partial charge is 0.254 e. The van der Waals surface area contributed by atoms with E-state index in [4.69, 9.17) is 21.1 Å². The number of halogens is 1. The van der Waals surface area contributed by atoms with Gasteiger partial charge in [0, 0.05) is 43.2 Å². The third kappa shape index (κ3) is 4.65. The lowest BCUT2D eigenvalue weighted by Gasteiger charge is -2.22. The highest BCUT2D eigenvalue weighted by Gasteiger charge is 2.24. The Hall–Kier alpha value is -2.73. The Kier molecular flexibility index (Phi) is 5.90. The standard InChI is InChI=1S/C22H23ClN2O4/c23-18-6-2-16(3-7-18)4-9-21(26)24-10-1-11-25(13-12-24)22(27)17-5-8-19-20(14-17)29-15-28-19/h2-3,5-8,14H,1,4,9-13,15H2. The number of carbonyl (C=O) groups is 2. The summed E-state index contributed by atoms with van der Waals surface area (Å²) in [4.78, 5) is 29.2. The first-order chi connectivity index (χ1) is 14.1. The zero-order valence-electron chi connectivity index (χ0n) is 16.1. The molecule has 0 aliphatic carbocycles. The Balaban J connectivity index is 1.32. The summed E-state index contributed by atoms with van der Waals surface area (Å²) in [5, 5.41) is 0.694. The first kappa shape index (κ1) is 19.6. The van der Waals surface area contributed by atoms with Gasteiger partial charge >= 0.3 is 0 Å². The van der Waals surface area contributed by atoms with E-state index in [2.05, 4.69) is 0 Å². The van der Waals surface area contributed by atoms with Gasteiger partial charge < -0.3 is 19.3 Å². The van der Waals surface area contributed by atoms with Crippen molar-refractivity contribution >= 4 is 23.4 Å². The number of hydrogen-bond donors (Lipinski definition) is 0. The van der Waals surface area contributed by atoms with Gasteiger partial charge in [-0.25, -0.2) is 0 Å². The average molecular weight is 415 g/mol. The Morgan fingerprint density at radius 2 is 1.62 bits per heavy atom. The molecule has 6 nitrogen and oxygen atoms in total. The van der Waals surface area contributed by atoms with Crippen molar-refractivity contribution in [3.63, 3.8) is 0 Å².